The van der Waals surface area contributed by atoms with E-state index in [0.717, 1.165) is 12.0 Å². The lowest BCUT2D eigenvalue weighted by Gasteiger charge is -2.42. The van der Waals surface area contributed by atoms with Gasteiger partial charge in [0.05, 0.1) is 24.4 Å². The van der Waals surface area contributed by atoms with Crippen LogP contribution in [-0.2, 0) is 42.9 Å². The average molecular weight is 926 g/mol. The van der Waals surface area contributed by atoms with Gasteiger partial charge in [0.15, 0.2) is 5.78 Å². The Labute approximate surface area is 392 Å². The number of rotatable bonds is 7. The number of cyclic esters (lactones) is 1. The molecule has 3 aliphatic heterocycles. The molecule has 0 radical (unpaired) electrons. The second-order valence-corrected chi connectivity index (χ2v) is 19.6. The van der Waals surface area contributed by atoms with Crippen LogP contribution in [0.4, 0.5) is 0 Å². The van der Waals surface area contributed by atoms with E-state index < -0.39 is 77.9 Å². The molecule has 3 fully saturated rings. The first-order valence-electron chi connectivity index (χ1n) is 24.1. The van der Waals surface area contributed by atoms with E-state index in [9.17, 15) is 29.4 Å². The SMILES string of the molecule is CO[C@H]1C[C@@H]2CC[C@@H](C)[C@@](O)(O2)C(=O)C(=O)N2CCCC[C@H]2C(=O)O[C@H]([C@H](N)C[C@@H]2CCC(N=[N+]=[N-])[C@H](OC)C2)CC[C@H](C)/C=C(\C)[C@@H](O)[C@@H](OC)C(=O)[C@H](C)C[C@H](C)/C=C/C=C/C=C/1C. The number of amides is 1. The maximum absolute atomic E-state index is 14.4. The number of ketones is 2. The van der Waals surface area contributed by atoms with Crippen molar-refractivity contribution in [1.29, 1.82) is 0 Å². The van der Waals surface area contributed by atoms with Crippen LogP contribution in [0.3, 0.4) is 0 Å². The Bertz CT molecular complexity index is 1810. The Morgan fingerprint density at radius 2 is 1.64 bits per heavy atom. The maximum atomic E-state index is 14.4. The van der Waals surface area contributed by atoms with Gasteiger partial charge in [-0.3, -0.25) is 14.4 Å². The lowest BCUT2D eigenvalue weighted by atomic mass is 9.79. The molecule has 370 valence electrons. The first-order chi connectivity index (χ1) is 31.4. The highest BCUT2D eigenvalue weighted by Gasteiger charge is 2.53. The summed E-state index contributed by atoms with van der Waals surface area (Å²) in [5.74, 6) is -6.48. The second kappa shape index (κ2) is 26.1. The quantitative estimate of drug-likeness (QED) is 0.0584. The summed E-state index contributed by atoms with van der Waals surface area (Å²) in [5.41, 5.74) is 17.5. The molecule has 1 saturated carbocycles. The summed E-state index contributed by atoms with van der Waals surface area (Å²) in [6.45, 7) is 11.3. The van der Waals surface area contributed by atoms with Gasteiger partial charge in [-0.15, -0.1) is 0 Å². The third kappa shape index (κ3) is 14.6. The van der Waals surface area contributed by atoms with Crippen molar-refractivity contribution in [3.8, 4) is 0 Å². The zero-order chi connectivity index (χ0) is 48.7. The summed E-state index contributed by atoms with van der Waals surface area (Å²) >= 11 is 0. The van der Waals surface area contributed by atoms with E-state index in [-0.39, 0.29) is 48.6 Å². The van der Waals surface area contributed by atoms with E-state index in [0.29, 0.717) is 76.2 Å². The van der Waals surface area contributed by atoms with Crippen LogP contribution >= 0.6 is 0 Å². The monoisotopic (exact) mass is 926 g/mol. The van der Waals surface area contributed by atoms with Gasteiger partial charge in [0.2, 0.25) is 5.79 Å². The molecule has 0 aromatic rings. The van der Waals surface area contributed by atoms with Gasteiger partial charge in [0, 0.05) is 57.1 Å². The van der Waals surface area contributed by atoms with E-state index in [1.54, 1.807) is 28.1 Å². The molecule has 15 atom stereocenters. The molecule has 16 heteroatoms. The number of hydrogen-bond acceptors (Lipinski definition) is 13. The van der Waals surface area contributed by atoms with Crippen LogP contribution in [0.25, 0.3) is 10.4 Å². The molecule has 0 aromatic carbocycles. The van der Waals surface area contributed by atoms with Crippen molar-refractivity contribution in [3.05, 3.63) is 58.0 Å². The van der Waals surface area contributed by atoms with Crippen molar-refractivity contribution in [2.45, 2.75) is 186 Å². The van der Waals surface area contributed by atoms with Crippen molar-refractivity contribution >= 4 is 23.4 Å². The van der Waals surface area contributed by atoms with Crippen molar-refractivity contribution in [2.75, 3.05) is 27.9 Å². The molecule has 4 aliphatic rings. The molecule has 3 heterocycles. The zero-order valence-electron chi connectivity index (χ0n) is 40.9. The fourth-order valence-electron chi connectivity index (χ4n) is 10.3. The minimum atomic E-state index is -2.41. The van der Waals surface area contributed by atoms with Crippen LogP contribution in [0, 0.1) is 29.6 Å². The van der Waals surface area contributed by atoms with Gasteiger partial charge >= 0.3 is 5.97 Å². The number of aliphatic hydroxyl groups excluding tert-OH is 1. The van der Waals surface area contributed by atoms with Crippen LogP contribution in [0.1, 0.15) is 125 Å². The largest absolute Gasteiger partial charge is 0.459 e. The van der Waals surface area contributed by atoms with Crippen LogP contribution < -0.4 is 5.73 Å². The Kier molecular flexibility index (Phi) is 21.7. The number of piperidine rings is 1. The Morgan fingerprint density at radius 1 is 0.894 bits per heavy atom. The Hall–Kier alpha value is -3.73. The molecule has 1 amide bonds. The number of carbonyl (C=O) groups excluding carboxylic acids is 4. The number of esters is 1. The Balaban J connectivity index is 1.68. The van der Waals surface area contributed by atoms with E-state index in [1.807, 2.05) is 64.2 Å². The Morgan fingerprint density at radius 3 is 2.32 bits per heavy atom. The van der Waals surface area contributed by atoms with Gasteiger partial charge in [-0.05, 0) is 125 Å². The highest BCUT2D eigenvalue weighted by molar-refractivity contribution is 6.39. The van der Waals surface area contributed by atoms with E-state index in [4.69, 9.17) is 34.9 Å². The number of carbonyl (C=O) groups is 4. The number of fused-ring (bicyclic) bond motifs is 3. The molecule has 2 saturated heterocycles. The van der Waals surface area contributed by atoms with Gasteiger partial charge in [-0.2, -0.15) is 0 Å². The number of nitrogens with zero attached hydrogens (tertiary/aromatic N) is 4. The molecule has 4 rings (SSSR count). The number of nitrogens with two attached hydrogens (primary N) is 1. The highest BCUT2D eigenvalue weighted by atomic mass is 16.6. The van der Waals surface area contributed by atoms with Crippen molar-refractivity contribution in [1.82, 2.24) is 4.90 Å². The third-order valence-electron chi connectivity index (χ3n) is 14.5. The number of azide groups is 1. The molecule has 0 spiro atoms. The van der Waals surface area contributed by atoms with Crippen LogP contribution in [0.15, 0.2) is 52.7 Å². The first kappa shape index (κ1) is 54.9. The first-order valence-corrected chi connectivity index (χ1v) is 24.1. The minimum Gasteiger partial charge on any atom is -0.459 e. The van der Waals surface area contributed by atoms with Crippen LogP contribution in [0.5, 0.6) is 0 Å². The molecule has 0 aromatic heterocycles. The molecular formula is C50H79N5O11. The molecule has 66 heavy (non-hydrogen) atoms. The van der Waals surface area contributed by atoms with Gasteiger partial charge in [0.25, 0.3) is 11.7 Å². The number of ether oxygens (including phenoxy) is 5. The molecule has 16 nitrogen and oxygen atoms in total. The number of allylic oxidation sites excluding steroid dienone is 6. The number of Topliss-reactive ketones (excluding diaryl/α,β-unsaturated/α-hetero) is 2. The van der Waals surface area contributed by atoms with Crippen molar-refractivity contribution < 1.29 is 53.1 Å². The topological polar surface area (TPSA) is 233 Å². The fourth-order valence-corrected chi connectivity index (χ4v) is 10.3. The predicted octanol–water partition coefficient (Wildman–Crippen LogP) is 7.01. The summed E-state index contributed by atoms with van der Waals surface area (Å²) in [4.78, 5) is 60.7. The van der Waals surface area contributed by atoms with Gasteiger partial charge in [-0.25, -0.2) is 4.79 Å². The van der Waals surface area contributed by atoms with Crippen LogP contribution in [-0.4, -0.2) is 127 Å². The van der Waals surface area contributed by atoms with E-state index in [1.165, 1.54) is 12.0 Å². The average Bonchev–Trinajstić information content (AvgIpc) is 3.30. The van der Waals surface area contributed by atoms with Crippen LogP contribution in [0.2, 0.25) is 0 Å². The molecule has 1 unspecified atom stereocenters. The molecule has 2 bridgehead atoms. The molecule has 1 aliphatic carbocycles. The van der Waals surface area contributed by atoms with Gasteiger partial charge in [0.1, 0.15) is 24.4 Å². The molecule has 4 N–H and O–H groups in total. The summed E-state index contributed by atoms with van der Waals surface area (Å²) in [5, 5.41) is 27.3. The fraction of sp³-hybridized carbons (Fsp3) is 0.760. The second-order valence-electron chi connectivity index (χ2n) is 19.6. The highest BCUT2D eigenvalue weighted by Crippen LogP contribution is 2.37. The summed E-state index contributed by atoms with van der Waals surface area (Å²) < 4.78 is 29.6. The van der Waals surface area contributed by atoms with Crippen molar-refractivity contribution in [3.63, 3.8) is 0 Å². The van der Waals surface area contributed by atoms with E-state index >= 15 is 0 Å². The third-order valence-corrected chi connectivity index (χ3v) is 14.5. The van der Waals surface area contributed by atoms with Crippen molar-refractivity contribution in [2.24, 2.45) is 40.4 Å². The number of aliphatic hydroxyl groups is 2. The number of hydrogen-bond donors (Lipinski definition) is 3. The smallest absolute Gasteiger partial charge is 0.329 e. The lowest BCUT2D eigenvalue weighted by molar-refractivity contribution is -0.265. The lowest BCUT2D eigenvalue weighted by Crippen LogP contribution is -2.61. The number of methoxy groups -OCH3 is 3. The summed E-state index contributed by atoms with van der Waals surface area (Å²) in [7, 11) is 4.60. The normalized spacial score (nSPS) is 39.8. The minimum absolute atomic E-state index is 0.0512. The van der Waals surface area contributed by atoms with Gasteiger partial charge < -0.3 is 44.5 Å². The van der Waals surface area contributed by atoms with E-state index in [2.05, 4.69) is 10.0 Å². The zero-order valence-corrected chi connectivity index (χ0v) is 40.9. The standard InChI is InChI=1S/C50H79N5O11/c1-30-15-11-10-12-16-32(3)42(62-7)29-37-21-19-35(6)50(61,66-37)47(58)48(59)55-24-14-13-17-40(55)49(60)65-41(38(51)27-36-20-22-39(53-54-52)43(28-36)63-8)23-18-31(2)26-34(5)45(57)46(64-9)44(56)33(4)25-30/h10-12,15-16,26,30-31,33,35-43,45-46,57,61H,13-14,17-25,27-29,51H2,1-9H3/b12-10+,15-11+,32-16+,34-26+/t30-,31+,33-,35-,36+,37+,38-,39?,40+,41+,42+,43-,45-,46+,50-/m1/s1. The molecular weight excluding hydrogens is 847 g/mol. The summed E-state index contributed by atoms with van der Waals surface area (Å²) in [6, 6.07) is -2.00. The maximum Gasteiger partial charge on any atom is 0.329 e. The predicted molar refractivity (Wildman–Crippen MR) is 250 cm³/mol. The van der Waals surface area contributed by atoms with Gasteiger partial charge in [-0.1, -0.05) is 69.3 Å². The summed E-state index contributed by atoms with van der Waals surface area (Å²) in [6.07, 6.45) is 13.8.